The van der Waals surface area contributed by atoms with Gasteiger partial charge in [0, 0.05) is 17.7 Å². The molecule has 0 radical (unpaired) electrons. The molecule has 0 saturated carbocycles. The van der Waals surface area contributed by atoms with Crippen LogP contribution in [0.25, 0.3) is 0 Å². The summed E-state index contributed by atoms with van der Waals surface area (Å²) in [5.74, 6) is -0.612. The average molecular weight is 307 g/mol. The number of benzene rings is 1. The van der Waals surface area contributed by atoms with Gasteiger partial charge in [0.1, 0.15) is 0 Å². The van der Waals surface area contributed by atoms with Gasteiger partial charge in [-0.05, 0) is 36.8 Å². The van der Waals surface area contributed by atoms with E-state index in [1.807, 2.05) is 0 Å². The lowest BCUT2D eigenvalue weighted by molar-refractivity contribution is -0.119. The molecule has 0 aliphatic carbocycles. The van der Waals surface area contributed by atoms with Crippen LogP contribution in [-0.2, 0) is 4.79 Å². The second-order valence-corrected chi connectivity index (χ2v) is 5.17. The molecule has 0 atom stereocenters. The molecule has 1 aromatic carbocycles. The van der Waals surface area contributed by atoms with E-state index in [9.17, 15) is 9.59 Å². The maximum absolute atomic E-state index is 11.7. The summed E-state index contributed by atoms with van der Waals surface area (Å²) >= 11 is 5.06. The highest BCUT2D eigenvalue weighted by Gasteiger charge is 2.06. The number of carbonyl (C=O) groups is 2. The molecule has 0 spiro atoms. The lowest BCUT2D eigenvalue weighted by Gasteiger charge is -2.10. The Bertz CT molecular complexity index is 517. The Morgan fingerprint density at radius 1 is 1.24 bits per heavy atom. The van der Waals surface area contributed by atoms with Crippen molar-refractivity contribution in [2.24, 2.45) is 5.73 Å². The van der Waals surface area contributed by atoms with Crippen molar-refractivity contribution in [3.05, 3.63) is 29.8 Å². The third-order valence-electron chi connectivity index (χ3n) is 2.92. The van der Waals surface area contributed by atoms with Crippen molar-refractivity contribution in [1.82, 2.24) is 5.32 Å². The van der Waals surface area contributed by atoms with Gasteiger partial charge in [-0.15, -0.1) is 0 Å². The SMILES string of the molecule is CCCCCCC(=O)NC(=S)Nc1cccc(C(N)=O)c1. The number of nitrogens with two attached hydrogens (primary N) is 1. The van der Waals surface area contributed by atoms with E-state index < -0.39 is 5.91 Å². The van der Waals surface area contributed by atoms with Crippen LogP contribution in [0.4, 0.5) is 5.69 Å². The molecule has 0 saturated heterocycles. The van der Waals surface area contributed by atoms with E-state index >= 15 is 0 Å². The number of primary amides is 1. The summed E-state index contributed by atoms with van der Waals surface area (Å²) in [6.45, 7) is 2.12. The minimum atomic E-state index is -0.510. The molecule has 1 rings (SSSR count). The topological polar surface area (TPSA) is 84.2 Å². The molecule has 0 fully saturated rings. The number of rotatable bonds is 7. The lowest BCUT2D eigenvalue weighted by Crippen LogP contribution is -2.34. The van der Waals surface area contributed by atoms with Gasteiger partial charge in [-0.25, -0.2) is 0 Å². The molecule has 0 aliphatic heterocycles. The number of hydrogen-bond donors (Lipinski definition) is 3. The van der Waals surface area contributed by atoms with Crippen LogP contribution in [0.2, 0.25) is 0 Å². The van der Waals surface area contributed by atoms with E-state index in [2.05, 4.69) is 17.6 Å². The Hall–Kier alpha value is -1.95. The quantitative estimate of drug-likeness (QED) is 0.534. The minimum Gasteiger partial charge on any atom is -0.366 e. The van der Waals surface area contributed by atoms with Crippen LogP contribution >= 0.6 is 12.2 Å². The van der Waals surface area contributed by atoms with Gasteiger partial charge < -0.3 is 16.4 Å². The van der Waals surface area contributed by atoms with Crippen LogP contribution < -0.4 is 16.4 Å². The van der Waals surface area contributed by atoms with Crippen LogP contribution in [0.1, 0.15) is 49.4 Å². The van der Waals surface area contributed by atoms with Crippen LogP contribution in [0.15, 0.2) is 24.3 Å². The van der Waals surface area contributed by atoms with E-state index in [1.54, 1.807) is 24.3 Å². The summed E-state index contributed by atoms with van der Waals surface area (Å²) in [5.41, 5.74) is 6.20. The fraction of sp³-hybridized carbons (Fsp3) is 0.400. The second kappa shape index (κ2) is 9.07. The molecule has 0 aromatic heterocycles. The summed E-state index contributed by atoms with van der Waals surface area (Å²) in [6, 6.07) is 6.63. The van der Waals surface area contributed by atoms with Gasteiger partial charge >= 0.3 is 0 Å². The number of carbonyl (C=O) groups excluding carboxylic acids is 2. The van der Waals surface area contributed by atoms with Gasteiger partial charge in [-0.1, -0.05) is 32.3 Å². The summed E-state index contributed by atoms with van der Waals surface area (Å²) in [7, 11) is 0. The summed E-state index contributed by atoms with van der Waals surface area (Å²) < 4.78 is 0. The van der Waals surface area contributed by atoms with Gasteiger partial charge in [0.15, 0.2) is 5.11 Å². The van der Waals surface area contributed by atoms with Gasteiger partial charge in [0.2, 0.25) is 11.8 Å². The van der Waals surface area contributed by atoms with Crippen LogP contribution in [0.3, 0.4) is 0 Å². The van der Waals surface area contributed by atoms with E-state index in [1.165, 1.54) is 0 Å². The van der Waals surface area contributed by atoms with E-state index in [0.717, 1.165) is 25.7 Å². The Labute approximate surface area is 130 Å². The second-order valence-electron chi connectivity index (χ2n) is 4.76. The maximum Gasteiger partial charge on any atom is 0.248 e. The fourth-order valence-corrected chi connectivity index (χ4v) is 2.05. The zero-order chi connectivity index (χ0) is 15.7. The number of anilines is 1. The van der Waals surface area contributed by atoms with E-state index in [-0.39, 0.29) is 11.0 Å². The van der Waals surface area contributed by atoms with Crippen molar-refractivity contribution >= 4 is 34.8 Å². The van der Waals surface area contributed by atoms with Crippen molar-refractivity contribution < 1.29 is 9.59 Å². The molecule has 21 heavy (non-hydrogen) atoms. The van der Waals surface area contributed by atoms with Gasteiger partial charge in [-0.3, -0.25) is 9.59 Å². The zero-order valence-corrected chi connectivity index (χ0v) is 13.0. The molecular formula is C15H21N3O2S. The Balaban J connectivity index is 2.41. The summed E-state index contributed by atoms with van der Waals surface area (Å²) in [6.07, 6.45) is 4.64. The van der Waals surface area contributed by atoms with Crippen molar-refractivity contribution in [1.29, 1.82) is 0 Å². The Morgan fingerprint density at radius 3 is 2.67 bits per heavy atom. The van der Waals surface area contributed by atoms with Crippen LogP contribution in [-0.4, -0.2) is 16.9 Å². The highest BCUT2D eigenvalue weighted by Crippen LogP contribution is 2.10. The minimum absolute atomic E-state index is 0.102. The number of unbranched alkanes of at least 4 members (excludes halogenated alkanes) is 3. The molecule has 5 nitrogen and oxygen atoms in total. The van der Waals surface area contributed by atoms with E-state index in [4.69, 9.17) is 18.0 Å². The first-order valence-corrected chi connectivity index (χ1v) is 7.44. The highest BCUT2D eigenvalue weighted by molar-refractivity contribution is 7.80. The van der Waals surface area contributed by atoms with Crippen molar-refractivity contribution in [3.8, 4) is 0 Å². The van der Waals surface area contributed by atoms with Gasteiger partial charge in [0.05, 0.1) is 0 Å². The molecule has 4 N–H and O–H groups in total. The molecule has 114 valence electrons. The standard InChI is InChI=1S/C15H21N3O2S/c1-2-3-4-5-9-13(19)18-15(21)17-12-8-6-7-11(10-12)14(16)20/h6-8,10H,2-5,9H2,1H3,(H2,16,20)(H2,17,18,19,21). The van der Waals surface area contributed by atoms with Gasteiger partial charge in [0.25, 0.3) is 0 Å². The fourth-order valence-electron chi connectivity index (χ4n) is 1.81. The first-order valence-electron chi connectivity index (χ1n) is 7.03. The van der Waals surface area contributed by atoms with Crippen molar-refractivity contribution in [2.45, 2.75) is 39.0 Å². The molecule has 1 aromatic rings. The van der Waals surface area contributed by atoms with E-state index in [0.29, 0.717) is 17.7 Å². The first kappa shape index (κ1) is 17.1. The van der Waals surface area contributed by atoms with Gasteiger partial charge in [-0.2, -0.15) is 0 Å². The molecule has 6 heteroatoms. The molecule has 0 heterocycles. The average Bonchev–Trinajstić information content (AvgIpc) is 2.43. The van der Waals surface area contributed by atoms with Crippen molar-refractivity contribution in [2.75, 3.05) is 5.32 Å². The number of hydrogen-bond acceptors (Lipinski definition) is 3. The largest absolute Gasteiger partial charge is 0.366 e. The van der Waals surface area contributed by atoms with Crippen molar-refractivity contribution in [3.63, 3.8) is 0 Å². The third-order valence-corrected chi connectivity index (χ3v) is 3.12. The molecule has 0 bridgehead atoms. The highest BCUT2D eigenvalue weighted by atomic mass is 32.1. The predicted molar refractivity (Wildman–Crippen MR) is 88.1 cm³/mol. The molecule has 2 amide bonds. The Kier molecular flexibility index (Phi) is 7.39. The normalized spacial score (nSPS) is 9.95. The predicted octanol–water partition coefficient (Wildman–Crippen LogP) is 2.57. The monoisotopic (exact) mass is 307 g/mol. The third kappa shape index (κ3) is 6.85. The Morgan fingerprint density at radius 2 is 2.00 bits per heavy atom. The lowest BCUT2D eigenvalue weighted by atomic mass is 10.1. The molecular weight excluding hydrogens is 286 g/mol. The van der Waals surface area contributed by atoms with Crippen LogP contribution in [0, 0.1) is 0 Å². The smallest absolute Gasteiger partial charge is 0.248 e. The first-order chi connectivity index (χ1) is 10.0. The maximum atomic E-state index is 11.7. The number of thiocarbonyl (C=S) groups is 1. The number of nitrogens with one attached hydrogen (secondary N) is 2. The zero-order valence-electron chi connectivity index (χ0n) is 12.1. The van der Waals surface area contributed by atoms with Crippen LogP contribution in [0.5, 0.6) is 0 Å². The molecule has 0 unspecified atom stereocenters. The molecule has 0 aliphatic rings. The summed E-state index contributed by atoms with van der Waals surface area (Å²) in [4.78, 5) is 22.7. The summed E-state index contributed by atoms with van der Waals surface area (Å²) in [5, 5.41) is 5.70. The number of amides is 2.